The molecule has 0 N–H and O–H groups in total. The van der Waals surface area contributed by atoms with Gasteiger partial charge in [-0.15, -0.1) is 11.3 Å². The SMILES string of the molecule is COC(c1ccccc1)c1nccs1. The number of nitrogens with zero attached hydrogens (tertiary/aromatic N) is 1. The van der Waals surface area contributed by atoms with Crippen LogP contribution in [0.2, 0.25) is 0 Å². The Balaban J connectivity index is 2.31. The molecule has 1 aromatic heterocycles. The van der Waals surface area contributed by atoms with E-state index in [0.717, 1.165) is 10.6 Å². The van der Waals surface area contributed by atoms with Crippen LogP contribution in [-0.2, 0) is 4.74 Å². The van der Waals surface area contributed by atoms with Crippen LogP contribution in [0.25, 0.3) is 0 Å². The molecule has 1 atom stereocenters. The first-order valence-electron chi connectivity index (χ1n) is 4.39. The summed E-state index contributed by atoms with van der Waals surface area (Å²) in [6.07, 6.45) is 1.77. The van der Waals surface area contributed by atoms with Gasteiger partial charge in [0.1, 0.15) is 11.1 Å². The van der Waals surface area contributed by atoms with E-state index in [1.807, 2.05) is 23.6 Å². The Morgan fingerprint density at radius 2 is 2.07 bits per heavy atom. The zero-order chi connectivity index (χ0) is 9.80. The number of hydrogen-bond acceptors (Lipinski definition) is 3. The average molecular weight is 205 g/mol. The van der Waals surface area contributed by atoms with Crippen molar-refractivity contribution < 1.29 is 4.74 Å². The number of aromatic nitrogens is 1. The Hall–Kier alpha value is -1.19. The van der Waals surface area contributed by atoms with Crippen molar-refractivity contribution >= 4 is 11.3 Å². The molecule has 0 aliphatic carbocycles. The summed E-state index contributed by atoms with van der Waals surface area (Å²) in [4.78, 5) is 4.26. The molecule has 1 unspecified atom stereocenters. The fourth-order valence-corrected chi connectivity index (χ4v) is 2.11. The van der Waals surface area contributed by atoms with Crippen LogP contribution < -0.4 is 0 Å². The quantitative estimate of drug-likeness (QED) is 0.768. The van der Waals surface area contributed by atoms with Crippen LogP contribution in [0, 0.1) is 0 Å². The molecule has 2 nitrogen and oxygen atoms in total. The Morgan fingerprint density at radius 3 is 2.64 bits per heavy atom. The van der Waals surface area contributed by atoms with E-state index in [2.05, 4.69) is 17.1 Å². The van der Waals surface area contributed by atoms with Gasteiger partial charge in [-0.2, -0.15) is 0 Å². The number of methoxy groups -OCH3 is 1. The number of rotatable bonds is 3. The Bertz CT molecular complexity index is 371. The largest absolute Gasteiger partial charge is 0.370 e. The highest BCUT2D eigenvalue weighted by atomic mass is 32.1. The second-order valence-electron chi connectivity index (χ2n) is 2.90. The predicted octanol–water partition coefficient (Wildman–Crippen LogP) is 2.88. The predicted molar refractivity (Wildman–Crippen MR) is 57.4 cm³/mol. The summed E-state index contributed by atoms with van der Waals surface area (Å²) in [6.45, 7) is 0. The minimum absolute atomic E-state index is 0.0313. The molecule has 0 saturated carbocycles. The lowest BCUT2D eigenvalue weighted by Crippen LogP contribution is -2.02. The molecule has 0 spiro atoms. The summed E-state index contributed by atoms with van der Waals surface area (Å²) < 4.78 is 5.43. The number of hydrogen-bond donors (Lipinski definition) is 0. The van der Waals surface area contributed by atoms with Crippen LogP contribution in [-0.4, -0.2) is 12.1 Å². The standard InChI is InChI=1S/C11H11NOS/c1-13-10(11-12-7-8-14-11)9-5-3-2-4-6-9/h2-8,10H,1H3. The maximum absolute atomic E-state index is 5.43. The van der Waals surface area contributed by atoms with Gasteiger partial charge in [-0.3, -0.25) is 0 Å². The molecule has 3 heteroatoms. The van der Waals surface area contributed by atoms with Gasteiger partial charge in [0, 0.05) is 18.7 Å². The second kappa shape index (κ2) is 4.35. The van der Waals surface area contributed by atoms with Crippen molar-refractivity contribution in [2.75, 3.05) is 7.11 Å². The number of thiazole rings is 1. The summed E-state index contributed by atoms with van der Waals surface area (Å²) in [6, 6.07) is 10.1. The Labute approximate surface area is 87.2 Å². The maximum Gasteiger partial charge on any atom is 0.134 e. The molecule has 0 fully saturated rings. The van der Waals surface area contributed by atoms with Crippen LogP contribution in [0.15, 0.2) is 41.9 Å². The van der Waals surface area contributed by atoms with Crippen LogP contribution in [0.1, 0.15) is 16.7 Å². The van der Waals surface area contributed by atoms with E-state index in [4.69, 9.17) is 4.74 Å². The summed E-state index contributed by atoms with van der Waals surface area (Å²) in [5, 5.41) is 2.96. The van der Waals surface area contributed by atoms with Crippen LogP contribution in [0.4, 0.5) is 0 Å². The summed E-state index contributed by atoms with van der Waals surface area (Å²) in [5.74, 6) is 0. The average Bonchev–Trinajstić information content (AvgIpc) is 2.74. The van der Waals surface area contributed by atoms with Gasteiger partial charge < -0.3 is 4.74 Å². The molecule has 14 heavy (non-hydrogen) atoms. The topological polar surface area (TPSA) is 22.1 Å². The maximum atomic E-state index is 5.43. The van der Waals surface area contributed by atoms with Crippen LogP contribution >= 0.6 is 11.3 Å². The Morgan fingerprint density at radius 1 is 1.29 bits per heavy atom. The lowest BCUT2D eigenvalue weighted by Gasteiger charge is -2.12. The third-order valence-electron chi connectivity index (χ3n) is 2.01. The monoisotopic (exact) mass is 205 g/mol. The molecule has 0 radical (unpaired) electrons. The smallest absolute Gasteiger partial charge is 0.134 e. The normalized spacial score (nSPS) is 12.6. The third kappa shape index (κ3) is 1.84. The van der Waals surface area contributed by atoms with E-state index >= 15 is 0 Å². The van der Waals surface area contributed by atoms with Gasteiger partial charge in [0.15, 0.2) is 0 Å². The van der Waals surface area contributed by atoms with Gasteiger partial charge in [0.2, 0.25) is 0 Å². The van der Waals surface area contributed by atoms with E-state index < -0.39 is 0 Å². The van der Waals surface area contributed by atoms with Gasteiger partial charge in [-0.05, 0) is 5.56 Å². The molecule has 1 aromatic carbocycles. The van der Waals surface area contributed by atoms with Crippen molar-refractivity contribution in [3.8, 4) is 0 Å². The lowest BCUT2D eigenvalue weighted by atomic mass is 10.1. The highest BCUT2D eigenvalue weighted by Crippen LogP contribution is 2.26. The zero-order valence-corrected chi connectivity index (χ0v) is 8.70. The molecule has 2 aromatic rings. The lowest BCUT2D eigenvalue weighted by molar-refractivity contribution is 0.136. The highest BCUT2D eigenvalue weighted by Gasteiger charge is 2.14. The first-order chi connectivity index (χ1) is 6.92. The molecule has 1 heterocycles. The molecule has 72 valence electrons. The first-order valence-corrected chi connectivity index (χ1v) is 5.27. The zero-order valence-electron chi connectivity index (χ0n) is 7.88. The fourth-order valence-electron chi connectivity index (χ4n) is 1.37. The molecule has 2 rings (SSSR count). The highest BCUT2D eigenvalue weighted by molar-refractivity contribution is 7.09. The minimum atomic E-state index is -0.0313. The number of benzene rings is 1. The van der Waals surface area contributed by atoms with Crippen molar-refractivity contribution in [3.05, 3.63) is 52.5 Å². The molecule has 0 amide bonds. The van der Waals surface area contributed by atoms with E-state index in [-0.39, 0.29) is 6.10 Å². The number of ether oxygens (including phenoxy) is 1. The van der Waals surface area contributed by atoms with Crippen LogP contribution in [0.3, 0.4) is 0 Å². The van der Waals surface area contributed by atoms with Crippen LogP contribution in [0.5, 0.6) is 0 Å². The summed E-state index contributed by atoms with van der Waals surface area (Å²) in [5.41, 5.74) is 1.14. The molecule has 0 saturated heterocycles. The summed E-state index contributed by atoms with van der Waals surface area (Å²) >= 11 is 1.61. The molecular weight excluding hydrogens is 194 g/mol. The van der Waals surface area contributed by atoms with Gasteiger partial charge in [-0.1, -0.05) is 30.3 Å². The van der Waals surface area contributed by atoms with Gasteiger partial charge in [0.05, 0.1) is 0 Å². The van der Waals surface area contributed by atoms with Crippen molar-refractivity contribution in [3.63, 3.8) is 0 Å². The van der Waals surface area contributed by atoms with Crippen molar-refractivity contribution in [1.82, 2.24) is 4.98 Å². The van der Waals surface area contributed by atoms with Gasteiger partial charge in [-0.25, -0.2) is 4.98 Å². The Kier molecular flexibility index (Phi) is 2.91. The molecule has 0 aliphatic heterocycles. The minimum Gasteiger partial charge on any atom is -0.370 e. The van der Waals surface area contributed by atoms with Crippen molar-refractivity contribution in [2.45, 2.75) is 6.10 Å². The van der Waals surface area contributed by atoms with Crippen molar-refractivity contribution in [1.29, 1.82) is 0 Å². The van der Waals surface area contributed by atoms with Crippen molar-refractivity contribution in [2.24, 2.45) is 0 Å². The third-order valence-corrected chi connectivity index (χ3v) is 2.83. The first kappa shape index (κ1) is 9.37. The van der Waals surface area contributed by atoms with E-state index in [1.165, 1.54) is 0 Å². The second-order valence-corrected chi connectivity index (χ2v) is 3.82. The fraction of sp³-hybridized carbons (Fsp3) is 0.182. The van der Waals surface area contributed by atoms with Gasteiger partial charge >= 0.3 is 0 Å². The molecule has 0 bridgehead atoms. The van der Waals surface area contributed by atoms with Gasteiger partial charge in [0.25, 0.3) is 0 Å². The van der Waals surface area contributed by atoms with E-state index in [0.29, 0.717) is 0 Å². The molecule has 0 aliphatic rings. The van der Waals surface area contributed by atoms with E-state index in [1.54, 1.807) is 24.6 Å². The van der Waals surface area contributed by atoms with E-state index in [9.17, 15) is 0 Å². The molecular formula is C11H11NOS. The summed E-state index contributed by atoms with van der Waals surface area (Å²) in [7, 11) is 1.71.